The lowest BCUT2D eigenvalue weighted by Gasteiger charge is -2.26. The van der Waals surface area contributed by atoms with Crippen molar-refractivity contribution in [2.24, 2.45) is 0 Å². The first-order chi connectivity index (χ1) is 11.1. The fraction of sp³-hybridized carbons (Fsp3) is 1.00. The molecule has 0 radical (unpaired) electrons. The molecular formula is C10H11F11O3S. The van der Waals surface area contributed by atoms with E-state index in [0.29, 0.717) is 0 Å². The Morgan fingerprint density at radius 2 is 0.720 bits per heavy atom. The Balaban J connectivity index is 5.10. The Morgan fingerprint density at radius 1 is 0.480 bits per heavy atom. The number of alkyl halides is 11. The highest BCUT2D eigenvalue weighted by Crippen LogP contribution is 2.30. The minimum Gasteiger partial charge on any atom is -0.283 e. The SMILES string of the molecule is O=S(=O)(O)C(F)C(F)C(F)C(F)C(F)C(F)C(F)C(F)C(F)C(F)F. The van der Waals surface area contributed by atoms with Crippen molar-refractivity contribution in [2.75, 3.05) is 0 Å². The lowest BCUT2D eigenvalue weighted by atomic mass is 9.98. The van der Waals surface area contributed by atoms with Crippen LogP contribution in [0.1, 0.15) is 0 Å². The zero-order valence-corrected chi connectivity index (χ0v) is 12.4. The summed E-state index contributed by atoms with van der Waals surface area (Å²) < 4.78 is 169. The Bertz CT molecular complexity index is 506. The maximum atomic E-state index is 13.2. The zero-order chi connectivity index (χ0) is 20.3. The van der Waals surface area contributed by atoms with E-state index in [1.54, 1.807) is 0 Å². The first-order valence-corrected chi connectivity index (χ1v) is 7.66. The van der Waals surface area contributed by atoms with Gasteiger partial charge in [-0.1, -0.05) is 0 Å². The van der Waals surface area contributed by atoms with Crippen molar-refractivity contribution in [3.05, 3.63) is 0 Å². The van der Waals surface area contributed by atoms with Crippen LogP contribution in [0.2, 0.25) is 0 Å². The minimum atomic E-state index is -5.91. The summed E-state index contributed by atoms with van der Waals surface area (Å²) >= 11 is 0. The fourth-order valence-electron chi connectivity index (χ4n) is 1.50. The van der Waals surface area contributed by atoms with E-state index in [1.807, 2.05) is 0 Å². The summed E-state index contributed by atoms with van der Waals surface area (Å²) in [5, 5.41) is 0. The molecule has 0 amide bonds. The van der Waals surface area contributed by atoms with E-state index < -0.39 is 71.4 Å². The van der Waals surface area contributed by atoms with Gasteiger partial charge in [-0.25, -0.2) is 48.3 Å². The zero-order valence-electron chi connectivity index (χ0n) is 11.6. The second-order valence-corrected chi connectivity index (χ2v) is 6.24. The number of rotatable bonds is 10. The molecule has 0 aliphatic carbocycles. The molecule has 0 aliphatic rings. The monoisotopic (exact) mass is 420 g/mol. The summed E-state index contributed by atoms with van der Waals surface area (Å²) in [6, 6.07) is 0. The Hall–Kier alpha value is -0.860. The summed E-state index contributed by atoms with van der Waals surface area (Å²) in [4.78, 5) is 0. The third-order valence-electron chi connectivity index (χ3n) is 2.91. The normalized spacial score (nSPS) is 24.0. The fourth-order valence-corrected chi connectivity index (χ4v) is 1.98. The third-order valence-corrected chi connectivity index (χ3v) is 3.73. The highest BCUT2D eigenvalue weighted by atomic mass is 32.2. The van der Waals surface area contributed by atoms with E-state index in [4.69, 9.17) is 4.55 Å². The lowest BCUT2D eigenvalue weighted by molar-refractivity contribution is -0.0715. The maximum Gasteiger partial charge on any atom is 0.300 e. The topological polar surface area (TPSA) is 54.4 Å². The van der Waals surface area contributed by atoms with Crippen LogP contribution < -0.4 is 0 Å². The van der Waals surface area contributed by atoms with Crippen molar-refractivity contribution in [3.63, 3.8) is 0 Å². The molecule has 0 aromatic carbocycles. The molecule has 3 nitrogen and oxygen atoms in total. The van der Waals surface area contributed by atoms with Gasteiger partial charge < -0.3 is 0 Å². The molecule has 1 N–H and O–H groups in total. The largest absolute Gasteiger partial charge is 0.300 e. The molecule has 0 aliphatic heterocycles. The van der Waals surface area contributed by atoms with Crippen LogP contribution in [0.3, 0.4) is 0 Å². The quantitative estimate of drug-likeness (QED) is 0.437. The first kappa shape index (κ1) is 24.1. The van der Waals surface area contributed by atoms with Crippen molar-refractivity contribution in [2.45, 2.75) is 61.3 Å². The van der Waals surface area contributed by atoms with Crippen molar-refractivity contribution in [3.8, 4) is 0 Å². The molecule has 0 bridgehead atoms. The van der Waals surface area contributed by atoms with E-state index >= 15 is 0 Å². The van der Waals surface area contributed by atoms with Gasteiger partial charge in [-0.3, -0.25) is 4.55 Å². The molecular weight excluding hydrogens is 409 g/mol. The van der Waals surface area contributed by atoms with E-state index in [2.05, 4.69) is 0 Å². The molecule has 0 spiro atoms. The molecule has 25 heavy (non-hydrogen) atoms. The van der Waals surface area contributed by atoms with Gasteiger partial charge in [-0.2, -0.15) is 8.42 Å². The van der Waals surface area contributed by atoms with Gasteiger partial charge >= 0.3 is 10.1 Å². The second kappa shape index (κ2) is 9.19. The van der Waals surface area contributed by atoms with Gasteiger partial charge in [0.25, 0.3) is 11.9 Å². The third kappa shape index (κ3) is 6.11. The maximum absolute atomic E-state index is 13.2. The molecule has 0 heterocycles. The van der Waals surface area contributed by atoms with Crippen molar-refractivity contribution >= 4 is 10.1 Å². The summed E-state index contributed by atoms with van der Waals surface area (Å²) in [5.41, 5.74) is -4.12. The van der Waals surface area contributed by atoms with Crippen LogP contribution in [0.25, 0.3) is 0 Å². The van der Waals surface area contributed by atoms with Crippen LogP contribution in [-0.4, -0.2) is 74.3 Å². The lowest BCUT2D eigenvalue weighted by Crippen LogP contribution is -2.49. The van der Waals surface area contributed by atoms with Crippen LogP contribution in [0.4, 0.5) is 48.3 Å². The average Bonchev–Trinajstić information content (AvgIpc) is 2.54. The smallest absolute Gasteiger partial charge is 0.283 e. The van der Waals surface area contributed by atoms with Crippen molar-refractivity contribution in [1.82, 2.24) is 0 Å². The molecule has 152 valence electrons. The minimum absolute atomic E-state index is 3.94. The van der Waals surface area contributed by atoms with Gasteiger partial charge in [0.05, 0.1) is 0 Å². The summed E-state index contributed by atoms with van der Waals surface area (Å²) in [7, 11) is -5.91. The van der Waals surface area contributed by atoms with Crippen molar-refractivity contribution < 1.29 is 61.3 Å². The van der Waals surface area contributed by atoms with E-state index in [-0.39, 0.29) is 0 Å². The molecule has 0 aromatic rings. The van der Waals surface area contributed by atoms with Gasteiger partial charge in [0.15, 0.2) is 49.4 Å². The molecule has 0 aromatic heterocycles. The van der Waals surface area contributed by atoms with E-state index in [0.717, 1.165) is 0 Å². The van der Waals surface area contributed by atoms with E-state index in [1.165, 1.54) is 0 Å². The summed E-state index contributed by atoms with van der Waals surface area (Å²) in [6.07, 6.45) is -36.8. The summed E-state index contributed by atoms with van der Waals surface area (Å²) in [6.45, 7) is 0. The highest BCUT2D eigenvalue weighted by Gasteiger charge is 2.51. The second-order valence-electron chi connectivity index (χ2n) is 4.76. The molecule has 0 rings (SSSR count). The molecule has 0 saturated heterocycles. The van der Waals surface area contributed by atoms with Crippen molar-refractivity contribution in [1.29, 1.82) is 0 Å². The molecule has 0 fully saturated rings. The van der Waals surface area contributed by atoms with Crippen LogP contribution in [0, 0.1) is 0 Å². The average molecular weight is 420 g/mol. The van der Waals surface area contributed by atoms with E-state index in [9.17, 15) is 56.7 Å². The molecule has 9 unspecified atom stereocenters. The molecule has 0 saturated carbocycles. The standard InChI is InChI=1S/C10H11F11O3S/c11-1(3(13)5(15)7(17)9(19)20)2(12)4(14)6(16)8(18)10(21)25(22,23)24/h1-10H,(H,22,23,24). The Kier molecular flexibility index (Phi) is 8.87. The van der Waals surface area contributed by atoms with Gasteiger partial charge in [0.2, 0.25) is 0 Å². The Labute approximate surface area is 133 Å². The van der Waals surface area contributed by atoms with Crippen LogP contribution >= 0.6 is 0 Å². The molecule has 9 atom stereocenters. The van der Waals surface area contributed by atoms with Crippen LogP contribution in [-0.2, 0) is 10.1 Å². The first-order valence-electron chi connectivity index (χ1n) is 6.15. The number of halogens is 11. The number of hydrogen-bond acceptors (Lipinski definition) is 2. The van der Waals surface area contributed by atoms with Crippen LogP contribution in [0.15, 0.2) is 0 Å². The van der Waals surface area contributed by atoms with Gasteiger partial charge in [0.1, 0.15) is 0 Å². The number of hydrogen-bond donors (Lipinski definition) is 1. The summed E-state index contributed by atoms with van der Waals surface area (Å²) in [5.74, 6) is 0. The van der Waals surface area contributed by atoms with Crippen LogP contribution in [0.5, 0.6) is 0 Å². The molecule has 15 heteroatoms. The highest BCUT2D eigenvalue weighted by molar-refractivity contribution is 7.86. The van der Waals surface area contributed by atoms with Gasteiger partial charge in [0, 0.05) is 0 Å². The Morgan fingerprint density at radius 3 is 0.960 bits per heavy atom. The predicted molar refractivity (Wildman–Crippen MR) is 61.6 cm³/mol. The predicted octanol–water partition coefficient (Wildman–Crippen LogP) is 3.14. The van der Waals surface area contributed by atoms with Gasteiger partial charge in [-0.05, 0) is 0 Å². The van der Waals surface area contributed by atoms with Gasteiger partial charge in [-0.15, -0.1) is 0 Å².